The van der Waals surface area contributed by atoms with Crippen LogP contribution in [0.5, 0.6) is 17.2 Å². The molecule has 41 heavy (non-hydrogen) atoms. The lowest BCUT2D eigenvalue weighted by atomic mass is 10.0. The van der Waals surface area contributed by atoms with Crippen molar-refractivity contribution in [3.05, 3.63) is 76.2 Å². The van der Waals surface area contributed by atoms with Crippen molar-refractivity contribution < 1.29 is 14.3 Å². The van der Waals surface area contributed by atoms with Gasteiger partial charge in [-0.3, -0.25) is 9.59 Å². The normalized spacial score (nSPS) is 15.6. The molecule has 3 heterocycles. The van der Waals surface area contributed by atoms with Crippen LogP contribution in [0.1, 0.15) is 18.9 Å². The summed E-state index contributed by atoms with van der Waals surface area (Å²) >= 11 is 6.11. The lowest BCUT2D eigenvalue weighted by molar-refractivity contribution is -0.127. The van der Waals surface area contributed by atoms with Crippen LogP contribution < -0.4 is 20.8 Å². The quantitative estimate of drug-likeness (QED) is 0.292. The molecular formula is C30H33ClN6O4. The number of hydrogen-bond donors (Lipinski definition) is 2. The number of likely N-dealkylation sites (tertiary alicyclic amines) is 1. The van der Waals surface area contributed by atoms with Crippen LogP contribution in [0.4, 0.5) is 5.82 Å². The number of amides is 1. The van der Waals surface area contributed by atoms with E-state index in [0.29, 0.717) is 52.8 Å². The number of carbonyl (C=O) groups excluding carboxylic acids is 1. The molecule has 1 aliphatic heterocycles. The van der Waals surface area contributed by atoms with E-state index in [1.54, 1.807) is 37.5 Å². The minimum atomic E-state index is -0.345. The van der Waals surface area contributed by atoms with Crippen LogP contribution in [-0.4, -0.2) is 71.3 Å². The lowest BCUT2D eigenvalue weighted by Crippen LogP contribution is -2.40. The summed E-state index contributed by atoms with van der Waals surface area (Å²) in [5.74, 6) is 1.76. The van der Waals surface area contributed by atoms with Crippen molar-refractivity contribution in [2.24, 2.45) is 0 Å². The Labute approximate surface area is 242 Å². The highest BCUT2D eigenvalue weighted by atomic mass is 35.5. The number of nitrogen functional groups attached to an aromatic ring is 1. The summed E-state index contributed by atoms with van der Waals surface area (Å²) in [5.41, 5.74) is 7.93. The van der Waals surface area contributed by atoms with Gasteiger partial charge in [0.2, 0.25) is 5.91 Å². The summed E-state index contributed by atoms with van der Waals surface area (Å²) in [7, 11) is 5.47. The standard InChI is InChI=1S/C30H33ClN6O4/c1-35(2)13-6-10-26(38)36-14-5-8-21(17-36)37-18-23(27-28(37)30(39)34-33-29(27)32)19-11-12-24(25(15-19)40-3)41-22-9-4-7-20(31)16-22/h4,6-7,9-12,15-16,18,21H,5,8,13-14,17H2,1-3H3,(H2,32,33)(H,34,39). The molecule has 10 nitrogen and oxygen atoms in total. The number of nitrogens with zero attached hydrogens (tertiary/aromatic N) is 4. The van der Waals surface area contributed by atoms with Crippen molar-refractivity contribution in [3.63, 3.8) is 0 Å². The zero-order valence-electron chi connectivity index (χ0n) is 23.3. The highest BCUT2D eigenvalue weighted by molar-refractivity contribution is 6.30. The highest BCUT2D eigenvalue weighted by Gasteiger charge is 2.28. The maximum atomic E-state index is 13.1. The van der Waals surface area contributed by atoms with Gasteiger partial charge >= 0.3 is 0 Å². The van der Waals surface area contributed by atoms with Gasteiger partial charge in [-0.1, -0.05) is 29.8 Å². The second kappa shape index (κ2) is 12.1. The first-order valence-electron chi connectivity index (χ1n) is 13.4. The van der Waals surface area contributed by atoms with Crippen molar-refractivity contribution >= 4 is 34.2 Å². The van der Waals surface area contributed by atoms with Crippen LogP contribution in [0.15, 0.2) is 65.6 Å². The monoisotopic (exact) mass is 576 g/mol. The minimum Gasteiger partial charge on any atom is -0.493 e. The van der Waals surface area contributed by atoms with Gasteiger partial charge < -0.3 is 29.6 Å². The molecule has 1 amide bonds. The van der Waals surface area contributed by atoms with Gasteiger partial charge in [-0.15, -0.1) is 0 Å². The number of hydrogen-bond acceptors (Lipinski definition) is 7. The Morgan fingerprint density at radius 2 is 2.07 bits per heavy atom. The number of benzene rings is 2. The number of H-pyrrole nitrogens is 1. The van der Waals surface area contributed by atoms with Crippen molar-refractivity contribution in [1.29, 1.82) is 0 Å². The number of aromatic nitrogens is 3. The first-order chi connectivity index (χ1) is 19.7. The van der Waals surface area contributed by atoms with Gasteiger partial charge in [0.05, 0.1) is 18.5 Å². The number of rotatable bonds is 8. The maximum Gasteiger partial charge on any atom is 0.288 e. The number of carbonyl (C=O) groups is 1. The number of nitrogens with one attached hydrogen (secondary N) is 1. The molecule has 214 valence electrons. The number of piperidine rings is 1. The third kappa shape index (κ3) is 6.08. The van der Waals surface area contributed by atoms with Gasteiger partial charge in [0, 0.05) is 42.5 Å². The number of aromatic amines is 1. The van der Waals surface area contributed by atoms with E-state index < -0.39 is 0 Å². The molecule has 0 bridgehead atoms. The predicted molar refractivity (Wildman–Crippen MR) is 161 cm³/mol. The van der Waals surface area contributed by atoms with Gasteiger partial charge in [-0.25, -0.2) is 5.10 Å². The topological polar surface area (TPSA) is 119 Å². The third-order valence-electron chi connectivity index (χ3n) is 7.11. The smallest absolute Gasteiger partial charge is 0.288 e. The van der Waals surface area contributed by atoms with Crippen LogP contribution in [0.3, 0.4) is 0 Å². The van der Waals surface area contributed by atoms with Crippen LogP contribution in [0, 0.1) is 0 Å². The number of likely N-dealkylation sites (N-methyl/N-ethyl adjacent to an activating group) is 1. The molecule has 1 unspecified atom stereocenters. The van der Waals surface area contributed by atoms with Crippen molar-refractivity contribution in [3.8, 4) is 28.4 Å². The summed E-state index contributed by atoms with van der Waals surface area (Å²) in [6.07, 6.45) is 7.03. The summed E-state index contributed by atoms with van der Waals surface area (Å²) in [5, 5.41) is 7.68. The van der Waals surface area contributed by atoms with Crippen molar-refractivity contribution in [1.82, 2.24) is 24.6 Å². The fraction of sp³-hybridized carbons (Fsp3) is 0.300. The van der Waals surface area contributed by atoms with Crippen LogP contribution in [0.25, 0.3) is 22.0 Å². The summed E-state index contributed by atoms with van der Waals surface area (Å²) < 4.78 is 13.6. The molecule has 3 N–H and O–H groups in total. The third-order valence-corrected chi connectivity index (χ3v) is 7.35. The molecule has 0 radical (unpaired) electrons. The van der Waals surface area contributed by atoms with Gasteiger partial charge in [-0.05, 0) is 62.8 Å². The molecule has 1 atom stereocenters. The van der Waals surface area contributed by atoms with E-state index in [0.717, 1.165) is 24.0 Å². The molecular weight excluding hydrogens is 544 g/mol. The number of ether oxygens (including phenoxy) is 2. The minimum absolute atomic E-state index is 0.0386. The van der Waals surface area contributed by atoms with Crippen molar-refractivity contribution in [2.45, 2.75) is 18.9 Å². The average Bonchev–Trinajstić information content (AvgIpc) is 3.37. The molecule has 1 saturated heterocycles. The largest absolute Gasteiger partial charge is 0.493 e. The van der Waals surface area contributed by atoms with E-state index >= 15 is 0 Å². The Morgan fingerprint density at radius 1 is 1.24 bits per heavy atom. The number of methoxy groups -OCH3 is 1. The Kier molecular flexibility index (Phi) is 8.32. The van der Waals surface area contributed by atoms with Gasteiger partial charge in [0.1, 0.15) is 11.3 Å². The SMILES string of the molecule is COc1cc(-c2cn(C3CCCN(C(=O)C=CCN(C)C)C3)c3c(=O)[nH]nc(N)c23)ccc1Oc1cccc(Cl)c1. The molecule has 2 aromatic heterocycles. The lowest BCUT2D eigenvalue weighted by Gasteiger charge is -2.33. The first-order valence-corrected chi connectivity index (χ1v) is 13.7. The molecule has 4 aromatic rings. The predicted octanol–water partition coefficient (Wildman–Crippen LogP) is 4.71. The van der Waals surface area contributed by atoms with Gasteiger partial charge in [0.25, 0.3) is 5.56 Å². The number of halogens is 1. The molecule has 0 aliphatic carbocycles. The second-order valence-electron chi connectivity index (χ2n) is 10.3. The number of nitrogens with two attached hydrogens (primary N) is 1. The first kappa shape index (κ1) is 28.3. The van der Waals surface area contributed by atoms with Gasteiger partial charge in [0.15, 0.2) is 17.3 Å². The zero-order valence-corrected chi connectivity index (χ0v) is 24.0. The maximum absolute atomic E-state index is 13.1. The van der Waals surface area contributed by atoms with Crippen molar-refractivity contribution in [2.75, 3.05) is 46.6 Å². The summed E-state index contributed by atoms with van der Waals surface area (Å²) in [6, 6.07) is 12.5. The van der Waals surface area contributed by atoms with Crippen LogP contribution in [-0.2, 0) is 4.79 Å². The van der Waals surface area contributed by atoms with E-state index in [4.69, 9.17) is 26.8 Å². The summed E-state index contributed by atoms with van der Waals surface area (Å²) in [4.78, 5) is 29.8. The fourth-order valence-electron chi connectivity index (χ4n) is 5.17. The Hall–Kier alpha value is -4.28. The second-order valence-corrected chi connectivity index (χ2v) is 10.7. The molecule has 0 spiro atoms. The van der Waals surface area contributed by atoms with Crippen LogP contribution in [0.2, 0.25) is 5.02 Å². The molecule has 5 rings (SSSR count). The highest BCUT2D eigenvalue weighted by Crippen LogP contribution is 2.40. The van der Waals surface area contributed by atoms with Gasteiger partial charge in [-0.2, -0.15) is 5.10 Å². The fourth-order valence-corrected chi connectivity index (χ4v) is 5.35. The molecule has 0 saturated carbocycles. The molecule has 11 heteroatoms. The van der Waals surface area contributed by atoms with E-state index in [2.05, 4.69) is 10.2 Å². The zero-order chi connectivity index (χ0) is 29.1. The average molecular weight is 577 g/mol. The number of fused-ring (bicyclic) bond motifs is 1. The molecule has 1 fully saturated rings. The van der Waals surface area contributed by atoms with E-state index in [1.807, 2.05) is 58.9 Å². The molecule has 2 aromatic carbocycles. The Morgan fingerprint density at radius 3 is 2.83 bits per heavy atom. The Bertz CT molecular complexity index is 1660. The van der Waals surface area contributed by atoms with E-state index in [-0.39, 0.29) is 23.3 Å². The summed E-state index contributed by atoms with van der Waals surface area (Å²) in [6.45, 7) is 1.83. The van der Waals surface area contributed by atoms with E-state index in [1.165, 1.54) is 0 Å². The van der Waals surface area contributed by atoms with E-state index in [9.17, 15) is 9.59 Å². The Balaban J connectivity index is 1.51. The van der Waals surface area contributed by atoms with Crippen LogP contribution >= 0.6 is 11.6 Å². The number of anilines is 1. The molecule has 1 aliphatic rings.